The van der Waals surface area contributed by atoms with E-state index in [1.807, 2.05) is 37.4 Å². The summed E-state index contributed by atoms with van der Waals surface area (Å²) in [6.45, 7) is 0.129. The second-order valence-electron chi connectivity index (χ2n) is 5.02. The molecule has 1 N–H and O–H groups in total. The van der Waals surface area contributed by atoms with Gasteiger partial charge >= 0.3 is 12.1 Å². The topological polar surface area (TPSA) is 82.5 Å². The molecule has 1 amide bonds. The number of alkyl carbamates (subject to hydrolysis) is 1. The number of carbonyl (C=O) groups excluding carboxylic acids is 2. The molecule has 0 unspecified atom stereocenters. The SMILES string of the molecule is COC(=O)[C@H](Cc1cn(C)cn1)NC(=O)OCc1ccccc1. The monoisotopic (exact) mass is 317 g/mol. The van der Waals surface area contributed by atoms with Gasteiger partial charge in [-0.15, -0.1) is 0 Å². The predicted octanol–water partition coefficient (Wildman–Crippen LogP) is 1.43. The van der Waals surface area contributed by atoms with Gasteiger partial charge in [0.1, 0.15) is 12.6 Å². The summed E-state index contributed by atoms with van der Waals surface area (Å²) in [5.74, 6) is -0.549. The van der Waals surface area contributed by atoms with E-state index in [1.165, 1.54) is 7.11 Å². The number of hydrogen-bond donors (Lipinski definition) is 1. The number of nitrogens with zero attached hydrogens (tertiary/aromatic N) is 2. The van der Waals surface area contributed by atoms with E-state index in [9.17, 15) is 9.59 Å². The number of aryl methyl sites for hydroxylation is 1. The van der Waals surface area contributed by atoms with Crippen LogP contribution >= 0.6 is 0 Å². The number of hydrogen-bond acceptors (Lipinski definition) is 5. The normalized spacial score (nSPS) is 11.6. The Bertz CT molecular complexity index is 654. The molecular formula is C16H19N3O4. The minimum atomic E-state index is -0.849. The first-order valence-electron chi connectivity index (χ1n) is 7.10. The summed E-state index contributed by atoms with van der Waals surface area (Å²) >= 11 is 0. The van der Waals surface area contributed by atoms with Crippen molar-refractivity contribution in [2.75, 3.05) is 7.11 Å². The second-order valence-corrected chi connectivity index (χ2v) is 5.02. The Morgan fingerprint density at radius 2 is 2.04 bits per heavy atom. The number of carbonyl (C=O) groups is 2. The van der Waals surface area contributed by atoms with Gasteiger partial charge < -0.3 is 19.4 Å². The van der Waals surface area contributed by atoms with E-state index < -0.39 is 18.1 Å². The summed E-state index contributed by atoms with van der Waals surface area (Å²) in [7, 11) is 3.09. The van der Waals surface area contributed by atoms with Crippen molar-refractivity contribution in [3.63, 3.8) is 0 Å². The number of methoxy groups -OCH3 is 1. The molecule has 2 rings (SSSR count). The zero-order chi connectivity index (χ0) is 16.7. The van der Waals surface area contributed by atoms with Crippen LogP contribution in [0.25, 0.3) is 0 Å². The number of nitrogens with one attached hydrogen (secondary N) is 1. The molecule has 0 aliphatic rings. The minimum absolute atomic E-state index is 0.129. The molecule has 7 nitrogen and oxygen atoms in total. The maximum atomic E-state index is 11.9. The first-order chi connectivity index (χ1) is 11.1. The average molecular weight is 317 g/mol. The van der Waals surface area contributed by atoms with Crippen LogP contribution in [0.3, 0.4) is 0 Å². The largest absolute Gasteiger partial charge is 0.467 e. The Morgan fingerprint density at radius 3 is 2.65 bits per heavy atom. The maximum absolute atomic E-state index is 11.9. The molecular weight excluding hydrogens is 298 g/mol. The molecule has 0 fully saturated rings. The highest BCUT2D eigenvalue weighted by Crippen LogP contribution is 2.04. The van der Waals surface area contributed by atoms with Crippen molar-refractivity contribution in [1.82, 2.24) is 14.9 Å². The van der Waals surface area contributed by atoms with Crippen LogP contribution < -0.4 is 5.32 Å². The van der Waals surface area contributed by atoms with Gasteiger partial charge in [0.05, 0.1) is 19.1 Å². The summed E-state index contributed by atoms with van der Waals surface area (Å²) in [6, 6.07) is 8.43. The fraction of sp³-hybridized carbons (Fsp3) is 0.312. The molecule has 122 valence electrons. The van der Waals surface area contributed by atoms with Crippen LogP contribution in [0.15, 0.2) is 42.9 Å². The molecule has 2 aromatic rings. The number of imidazole rings is 1. The lowest BCUT2D eigenvalue weighted by molar-refractivity contribution is -0.143. The second kappa shape index (κ2) is 7.98. The average Bonchev–Trinajstić information content (AvgIpc) is 2.97. The summed E-state index contributed by atoms with van der Waals surface area (Å²) in [5.41, 5.74) is 1.54. The maximum Gasteiger partial charge on any atom is 0.408 e. The van der Waals surface area contributed by atoms with Crippen LogP contribution in [0.4, 0.5) is 4.79 Å². The van der Waals surface area contributed by atoms with Crippen LogP contribution in [0.2, 0.25) is 0 Å². The van der Waals surface area contributed by atoms with Crippen molar-refractivity contribution < 1.29 is 19.1 Å². The van der Waals surface area contributed by atoms with Gasteiger partial charge in [-0.25, -0.2) is 14.6 Å². The van der Waals surface area contributed by atoms with Gasteiger partial charge in [-0.1, -0.05) is 30.3 Å². The van der Waals surface area contributed by atoms with E-state index in [1.54, 1.807) is 17.1 Å². The molecule has 1 atom stereocenters. The van der Waals surface area contributed by atoms with E-state index in [0.29, 0.717) is 5.69 Å². The number of benzene rings is 1. The number of ether oxygens (including phenoxy) is 2. The lowest BCUT2D eigenvalue weighted by Crippen LogP contribution is -2.43. The van der Waals surface area contributed by atoms with Crippen LogP contribution in [-0.4, -0.2) is 34.8 Å². The highest BCUT2D eigenvalue weighted by Gasteiger charge is 2.23. The molecule has 23 heavy (non-hydrogen) atoms. The van der Waals surface area contributed by atoms with Gasteiger partial charge in [-0.2, -0.15) is 0 Å². The number of amides is 1. The van der Waals surface area contributed by atoms with E-state index in [4.69, 9.17) is 9.47 Å². The van der Waals surface area contributed by atoms with Crippen molar-refractivity contribution in [3.8, 4) is 0 Å². The van der Waals surface area contributed by atoms with E-state index >= 15 is 0 Å². The summed E-state index contributed by atoms with van der Waals surface area (Å²) in [5, 5.41) is 2.51. The first-order valence-corrected chi connectivity index (χ1v) is 7.10. The molecule has 0 bridgehead atoms. The van der Waals surface area contributed by atoms with Crippen LogP contribution in [0.5, 0.6) is 0 Å². The first kappa shape index (κ1) is 16.5. The fourth-order valence-corrected chi connectivity index (χ4v) is 2.02. The third kappa shape index (κ3) is 5.14. The van der Waals surface area contributed by atoms with Gasteiger partial charge in [0, 0.05) is 19.7 Å². The molecule has 1 heterocycles. The Kier molecular flexibility index (Phi) is 5.74. The molecule has 1 aromatic carbocycles. The molecule has 0 radical (unpaired) electrons. The highest BCUT2D eigenvalue weighted by molar-refractivity contribution is 5.81. The van der Waals surface area contributed by atoms with E-state index in [0.717, 1.165) is 5.56 Å². The minimum Gasteiger partial charge on any atom is -0.467 e. The van der Waals surface area contributed by atoms with Gasteiger partial charge in [0.2, 0.25) is 0 Å². The smallest absolute Gasteiger partial charge is 0.408 e. The molecule has 1 aromatic heterocycles. The number of rotatable bonds is 6. The Morgan fingerprint density at radius 1 is 1.30 bits per heavy atom. The van der Waals surface area contributed by atoms with Crippen LogP contribution in [0, 0.1) is 0 Å². The van der Waals surface area contributed by atoms with E-state index in [2.05, 4.69) is 10.3 Å². The van der Waals surface area contributed by atoms with Crippen LogP contribution in [0.1, 0.15) is 11.3 Å². The molecule has 0 saturated heterocycles. The van der Waals surface area contributed by atoms with Gasteiger partial charge in [-0.3, -0.25) is 0 Å². The quantitative estimate of drug-likeness (QED) is 0.815. The Labute approximate surface area is 134 Å². The lowest BCUT2D eigenvalue weighted by Gasteiger charge is -2.15. The molecule has 0 aliphatic carbocycles. The fourth-order valence-electron chi connectivity index (χ4n) is 2.02. The molecule has 0 aliphatic heterocycles. The van der Waals surface area contributed by atoms with E-state index in [-0.39, 0.29) is 13.0 Å². The van der Waals surface area contributed by atoms with Crippen molar-refractivity contribution >= 4 is 12.1 Å². The third-order valence-corrected chi connectivity index (χ3v) is 3.16. The Balaban J connectivity index is 1.91. The standard InChI is InChI=1S/C16H19N3O4/c1-19-9-13(17-11-19)8-14(15(20)22-2)18-16(21)23-10-12-6-4-3-5-7-12/h3-7,9,11,14H,8,10H2,1-2H3,(H,18,21)/t14-/m0/s1. The summed E-state index contributed by atoms with van der Waals surface area (Å²) < 4.78 is 11.6. The number of aromatic nitrogens is 2. The molecule has 7 heteroatoms. The third-order valence-electron chi connectivity index (χ3n) is 3.16. The van der Waals surface area contributed by atoms with Crippen LogP contribution in [-0.2, 0) is 34.3 Å². The van der Waals surface area contributed by atoms with Gasteiger partial charge in [0.25, 0.3) is 0 Å². The number of esters is 1. The summed E-state index contributed by atoms with van der Waals surface area (Å²) in [6.07, 6.45) is 2.94. The molecule has 0 spiro atoms. The highest BCUT2D eigenvalue weighted by atomic mass is 16.6. The van der Waals surface area contributed by atoms with Gasteiger partial charge in [0.15, 0.2) is 0 Å². The zero-order valence-corrected chi connectivity index (χ0v) is 13.1. The molecule has 0 saturated carbocycles. The van der Waals surface area contributed by atoms with Crippen molar-refractivity contribution in [1.29, 1.82) is 0 Å². The lowest BCUT2D eigenvalue weighted by atomic mass is 10.1. The summed E-state index contributed by atoms with van der Waals surface area (Å²) in [4.78, 5) is 27.8. The Hall–Kier alpha value is -2.83. The van der Waals surface area contributed by atoms with Crippen molar-refractivity contribution in [3.05, 3.63) is 54.1 Å². The predicted molar refractivity (Wildman–Crippen MR) is 82.5 cm³/mol. The van der Waals surface area contributed by atoms with Crippen molar-refractivity contribution in [2.24, 2.45) is 7.05 Å². The zero-order valence-electron chi connectivity index (χ0n) is 13.1. The van der Waals surface area contributed by atoms with Gasteiger partial charge in [-0.05, 0) is 5.56 Å². The van der Waals surface area contributed by atoms with Crippen molar-refractivity contribution in [2.45, 2.75) is 19.1 Å².